The van der Waals surface area contributed by atoms with Gasteiger partial charge in [-0.2, -0.15) is 11.8 Å². The third kappa shape index (κ3) is 6.65. The van der Waals surface area contributed by atoms with E-state index in [9.17, 15) is 9.59 Å². The standard InChI is InChI=1S/C11H21N3O4S/c15-6-1-9(10(16)17)13-11(18)12-2-3-14-4-7-19-8-5-14/h9,15H,1-8H2,(H,16,17)(H2,12,13,18). The molecule has 1 atom stereocenters. The molecular weight excluding hydrogens is 270 g/mol. The summed E-state index contributed by atoms with van der Waals surface area (Å²) in [5.74, 6) is 1.09. The smallest absolute Gasteiger partial charge is 0.326 e. The van der Waals surface area contributed by atoms with E-state index in [-0.39, 0.29) is 13.0 Å². The van der Waals surface area contributed by atoms with Gasteiger partial charge in [0, 0.05) is 50.7 Å². The fraction of sp³-hybridized carbons (Fsp3) is 0.818. The molecule has 19 heavy (non-hydrogen) atoms. The summed E-state index contributed by atoms with van der Waals surface area (Å²) in [6.07, 6.45) is 0.00605. The number of hydrogen-bond donors (Lipinski definition) is 4. The Bertz CT molecular complexity index is 298. The Hall–Kier alpha value is -0.990. The highest BCUT2D eigenvalue weighted by atomic mass is 32.2. The van der Waals surface area contributed by atoms with Gasteiger partial charge in [-0.1, -0.05) is 0 Å². The first-order chi connectivity index (χ1) is 9.13. The Morgan fingerprint density at radius 1 is 1.32 bits per heavy atom. The van der Waals surface area contributed by atoms with E-state index in [1.807, 2.05) is 11.8 Å². The van der Waals surface area contributed by atoms with Crippen molar-refractivity contribution in [1.82, 2.24) is 15.5 Å². The van der Waals surface area contributed by atoms with E-state index in [0.717, 1.165) is 31.1 Å². The highest BCUT2D eigenvalue weighted by molar-refractivity contribution is 7.99. The van der Waals surface area contributed by atoms with E-state index in [0.29, 0.717) is 6.54 Å². The molecule has 0 bridgehead atoms. The third-order valence-electron chi connectivity index (χ3n) is 2.84. The summed E-state index contributed by atoms with van der Waals surface area (Å²) >= 11 is 1.93. The lowest BCUT2D eigenvalue weighted by molar-refractivity contribution is -0.139. The fourth-order valence-corrected chi connectivity index (χ4v) is 2.73. The molecule has 1 rings (SSSR count). The molecule has 0 radical (unpaired) electrons. The quantitative estimate of drug-likeness (QED) is 0.488. The molecule has 2 amide bonds. The van der Waals surface area contributed by atoms with Crippen molar-refractivity contribution in [3.63, 3.8) is 0 Å². The zero-order chi connectivity index (χ0) is 14.1. The van der Waals surface area contributed by atoms with Crippen molar-refractivity contribution < 1.29 is 19.8 Å². The van der Waals surface area contributed by atoms with Crippen molar-refractivity contribution >= 4 is 23.8 Å². The van der Waals surface area contributed by atoms with Crippen LogP contribution in [0.2, 0.25) is 0 Å². The normalized spacial score (nSPS) is 17.7. The molecule has 0 saturated carbocycles. The molecular formula is C11H21N3O4S. The van der Waals surface area contributed by atoms with E-state index in [1.165, 1.54) is 0 Å². The number of rotatable bonds is 7. The predicted molar refractivity (Wildman–Crippen MR) is 73.4 cm³/mol. The van der Waals surface area contributed by atoms with Crippen molar-refractivity contribution in [2.24, 2.45) is 0 Å². The maximum absolute atomic E-state index is 11.5. The van der Waals surface area contributed by atoms with Gasteiger partial charge >= 0.3 is 12.0 Å². The van der Waals surface area contributed by atoms with Crippen molar-refractivity contribution in [3.8, 4) is 0 Å². The molecule has 1 heterocycles. The number of amides is 2. The summed E-state index contributed by atoms with van der Waals surface area (Å²) < 4.78 is 0. The lowest BCUT2D eigenvalue weighted by Crippen LogP contribution is -2.48. The maximum Gasteiger partial charge on any atom is 0.326 e. The van der Waals surface area contributed by atoms with Crippen LogP contribution in [0, 0.1) is 0 Å². The van der Waals surface area contributed by atoms with Gasteiger partial charge < -0.3 is 20.8 Å². The van der Waals surface area contributed by atoms with Gasteiger partial charge in [-0.15, -0.1) is 0 Å². The van der Waals surface area contributed by atoms with Crippen LogP contribution < -0.4 is 10.6 Å². The molecule has 7 nitrogen and oxygen atoms in total. The van der Waals surface area contributed by atoms with Crippen molar-refractivity contribution in [1.29, 1.82) is 0 Å². The predicted octanol–water partition coefficient (Wildman–Crippen LogP) is -0.830. The van der Waals surface area contributed by atoms with E-state index in [4.69, 9.17) is 10.2 Å². The number of carboxylic acids is 1. The number of urea groups is 1. The molecule has 4 N–H and O–H groups in total. The van der Waals surface area contributed by atoms with Gasteiger partial charge in [0.15, 0.2) is 0 Å². The monoisotopic (exact) mass is 291 g/mol. The summed E-state index contributed by atoms with van der Waals surface area (Å²) in [6.45, 7) is 3.03. The molecule has 1 unspecified atom stereocenters. The topological polar surface area (TPSA) is 102 Å². The van der Waals surface area contributed by atoms with Gasteiger partial charge in [0.05, 0.1) is 0 Å². The second kappa shape index (κ2) is 9.00. The molecule has 1 saturated heterocycles. The SMILES string of the molecule is O=C(NCCN1CCSCC1)NC(CCO)C(=O)O. The zero-order valence-corrected chi connectivity index (χ0v) is 11.6. The van der Waals surface area contributed by atoms with Crippen LogP contribution in [0.4, 0.5) is 4.79 Å². The van der Waals surface area contributed by atoms with Crippen LogP contribution in [0.3, 0.4) is 0 Å². The Balaban J connectivity index is 2.17. The number of nitrogens with zero attached hydrogens (tertiary/aromatic N) is 1. The Labute approximate surface area is 116 Å². The fourth-order valence-electron chi connectivity index (χ4n) is 1.75. The lowest BCUT2D eigenvalue weighted by Gasteiger charge is -2.26. The van der Waals surface area contributed by atoms with Gasteiger partial charge in [-0.05, 0) is 0 Å². The molecule has 0 aromatic carbocycles. The van der Waals surface area contributed by atoms with Crippen LogP contribution in [0.1, 0.15) is 6.42 Å². The molecule has 8 heteroatoms. The highest BCUT2D eigenvalue weighted by Crippen LogP contribution is 2.07. The van der Waals surface area contributed by atoms with E-state index in [1.54, 1.807) is 0 Å². The van der Waals surface area contributed by atoms with Crippen LogP contribution >= 0.6 is 11.8 Å². The van der Waals surface area contributed by atoms with Crippen LogP contribution in [-0.2, 0) is 4.79 Å². The lowest BCUT2D eigenvalue weighted by atomic mass is 10.2. The van der Waals surface area contributed by atoms with E-state index >= 15 is 0 Å². The summed E-state index contributed by atoms with van der Waals surface area (Å²) in [7, 11) is 0. The highest BCUT2D eigenvalue weighted by Gasteiger charge is 2.19. The number of nitrogens with one attached hydrogen (secondary N) is 2. The summed E-state index contributed by atoms with van der Waals surface area (Å²) in [5, 5.41) is 22.5. The Morgan fingerprint density at radius 3 is 2.58 bits per heavy atom. The van der Waals surface area contributed by atoms with Crippen LogP contribution in [0.15, 0.2) is 0 Å². The number of aliphatic carboxylic acids is 1. The van der Waals surface area contributed by atoms with Gasteiger partial charge in [0.1, 0.15) is 6.04 Å². The number of carbonyl (C=O) groups is 2. The van der Waals surface area contributed by atoms with Crippen LogP contribution in [0.5, 0.6) is 0 Å². The average molecular weight is 291 g/mol. The average Bonchev–Trinajstić information content (AvgIpc) is 2.39. The first-order valence-electron chi connectivity index (χ1n) is 6.31. The first kappa shape index (κ1) is 16.1. The van der Waals surface area contributed by atoms with Gasteiger partial charge in [0.2, 0.25) is 0 Å². The van der Waals surface area contributed by atoms with Crippen LogP contribution in [-0.4, -0.2) is 77.4 Å². The number of aliphatic hydroxyl groups excluding tert-OH is 1. The molecule has 110 valence electrons. The van der Waals surface area contributed by atoms with Gasteiger partial charge in [-0.25, -0.2) is 9.59 Å². The second-order valence-electron chi connectivity index (χ2n) is 4.26. The third-order valence-corrected chi connectivity index (χ3v) is 3.78. The number of carbonyl (C=O) groups excluding carboxylic acids is 1. The molecule has 1 aliphatic heterocycles. The summed E-state index contributed by atoms with van der Waals surface area (Å²) in [5.41, 5.74) is 0. The van der Waals surface area contributed by atoms with Crippen LogP contribution in [0.25, 0.3) is 0 Å². The van der Waals surface area contributed by atoms with Gasteiger partial charge in [0.25, 0.3) is 0 Å². The minimum absolute atomic E-state index is 0.00605. The van der Waals surface area contributed by atoms with Gasteiger partial charge in [-0.3, -0.25) is 4.90 Å². The maximum atomic E-state index is 11.5. The summed E-state index contributed by atoms with van der Waals surface area (Å²) in [6, 6.07) is -1.55. The first-order valence-corrected chi connectivity index (χ1v) is 7.47. The molecule has 0 spiro atoms. The molecule has 0 aliphatic carbocycles. The minimum atomic E-state index is -1.14. The number of hydrogen-bond acceptors (Lipinski definition) is 5. The second-order valence-corrected chi connectivity index (χ2v) is 5.48. The number of aliphatic hydroxyl groups is 1. The van der Waals surface area contributed by atoms with Crippen molar-refractivity contribution in [2.45, 2.75) is 12.5 Å². The zero-order valence-electron chi connectivity index (χ0n) is 10.8. The van der Waals surface area contributed by atoms with E-state index in [2.05, 4.69) is 15.5 Å². The molecule has 1 aliphatic rings. The molecule has 1 fully saturated rings. The minimum Gasteiger partial charge on any atom is -0.480 e. The molecule has 0 aromatic heterocycles. The number of thioether (sulfide) groups is 1. The Morgan fingerprint density at radius 2 is 2.00 bits per heavy atom. The van der Waals surface area contributed by atoms with Crippen molar-refractivity contribution in [3.05, 3.63) is 0 Å². The summed E-state index contributed by atoms with van der Waals surface area (Å²) in [4.78, 5) is 24.5. The van der Waals surface area contributed by atoms with E-state index < -0.39 is 18.0 Å². The van der Waals surface area contributed by atoms with Crippen molar-refractivity contribution in [2.75, 3.05) is 44.3 Å². The number of carboxylic acid groups (broad SMARTS) is 1. The largest absolute Gasteiger partial charge is 0.480 e. The Kier molecular flexibility index (Phi) is 7.61. The molecule has 0 aromatic rings.